The van der Waals surface area contributed by atoms with Gasteiger partial charge < -0.3 is 30.6 Å². The van der Waals surface area contributed by atoms with E-state index in [9.17, 15) is 25.2 Å². The Balaban J connectivity index is 2.67. The van der Waals surface area contributed by atoms with E-state index >= 15 is 0 Å². The second kappa shape index (κ2) is 8.57. The van der Waals surface area contributed by atoms with Crippen molar-refractivity contribution in [3.05, 3.63) is 29.8 Å². The minimum atomic E-state index is -1.71. The molecule has 1 aromatic carbocycles. The Bertz CT molecular complexity index is 520. The Morgan fingerprint density at radius 1 is 1.09 bits per heavy atom. The summed E-state index contributed by atoms with van der Waals surface area (Å²) in [7, 11) is 0. The van der Waals surface area contributed by atoms with Gasteiger partial charge in [-0.05, 0) is 12.1 Å². The van der Waals surface area contributed by atoms with Crippen molar-refractivity contribution in [1.29, 1.82) is 0 Å². The van der Waals surface area contributed by atoms with Gasteiger partial charge in [-0.15, -0.1) is 0 Å². The van der Waals surface area contributed by atoms with Gasteiger partial charge in [0.2, 0.25) is 0 Å². The van der Waals surface area contributed by atoms with Gasteiger partial charge in [-0.1, -0.05) is 12.1 Å². The quantitative estimate of drug-likeness (QED) is 0.334. The van der Waals surface area contributed by atoms with E-state index in [1.54, 1.807) is 12.1 Å². The summed E-state index contributed by atoms with van der Waals surface area (Å²) < 4.78 is 0. The van der Waals surface area contributed by atoms with Crippen LogP contribution in [0.1, 0.15) is 16.8 Å². The molecular weight excluding hydrogens is 294 g/mol. The Morgan fingerprint density at radius 3 is 2.27 bits per heavy atom. The summed E-state index contributed by atoms with van der Waals surface area (Å²) in [6, 6.07) is 6.01. The minimum Gasteiger partial charge on any atom is -0.478 e. The fourth-order valence-corrected chi connectivity index (χ4v) is 1.73. The number of carboxylic acids is 1. The van der Waals surface area contributed by atoms with Crippen molar-refractivity contribution in [3.63, 3.8) is 0 Å². The average Bonchev–Trinajstić information content (AvgIpc) is 2.52. The lowest BCUT2D eigenvalue weighted by Crippen LogP contribution is -2.45. The molecule has 8 heteroatoms. The molecule has 0 heterocycles. The molecule has 0 bridgehead atoms. The highest BCUT2D eigenvalue weighted by molar-refractivity contribution is 5.94. The molecule has 22 heavy (non-hydrogen) atoms. The van der Waals surface area contributed by atoms with Crippen LogP contribution in [0.5, 0.6) is 0 Å². The summed E-state index contributed by atoms with van der Waals surface area (Å²) in [6.45, 7) is -0.759. The summed E-state index contributed by atoms with van der Waals surface area (Å²) in [5.41, 5.74) is 0.178. The van der Waals surface area contributed by atoms with Crippen LogP contribution in [0.2, 0.25) is 0 Å². The Morgan fingerprint density at radius 2 is 1.68 bits per heavy atom. The first-order valence-electron chi connectivity index (χ1n) is 6.56. The number of para-hydroxylation sites is 1. The predicted molar refractivity (Wildman–Crippen MR) is 77.3 cm³/mol. The molecule has 0 amide bonds. The number of carbonyl (C=O) groups is 1. The van der Waals surface area contributed by atoms with Crippen molar-refractivity contribution in [2.45, 2.75) is 30.8 Å². The van der Waals surface area contributed by atoms with E-state index in [4.69, 9.17) is 10.2 Å². The van der Waals surface area contributed by atoms with Gasteiger partial charge in [0.05, 0.1) is 24.0 Å². The molecule has 0 saturated heterocycles. The predicted octanol–water partition coefficient (Wildman–Crippen LogP) is -1.09. The zero-order valence-electron chi connectivity index (χ0n) is 11.6. The number of aromatic carboxylic acids is 1. The lowest BCUT2D eigenvalue weighted by molar-refractivity contribution is -0.112. The van der Waals surface area contributed by atoms with E-state index in [1.165, 1.54) is 18.3 Å². The fourth-order valence-electron chi connectivity index (χ4n) is 1.73. The maximum Gasteiger partial charge on any atom is 0.337 e. The van der Waals surface area contributed by atoms with Gasteiger partial charge in [0, 0.05) is 12.6 Å². The molecule has 0 aliphatic rings. The summed E-state index contributed by atoms with van der Waals surface area (Å²) in [6.07, 6.45) is -5.37. The molecule has 0 saturated carbocycles. The molecule has 0 spiro atoms. The van der Waals surface area contributed by atoms with Gasteiger partial charge in [-0.2, -0.15) is 0 Å². The van der Waals surface area contributed by atoms with Crippen LogP contribution in [0.25, 0.3) is 0 Å². The topological polar surface area (TPSA) is 151 Å². The number of carboxylic acid groups (broad SMARTS) is 1. The third-order valence-electron chi connectivity index (χ3n) is 3.04. The van der Waals surface area contributed by atoms with E-state index in [0.717, 1.165) is 0 Å². The first kappa shape index (κ1) is 18.2. The van der Waals surface area contributed by atoms with Crippen LogP contribution in [-0.2, 0) is 0 Å². The summed E-state index contributed by atoms with van der Waals surface area (Å²) in [4.78, 5) is 14.9. The first-order valence-corrected chi connectivity index (χ1v) is 6.56. The number of rotatable bonds is 8. The van der Waals surface area contributed by atoms with Crippen LogP contribution in [0.15, 0.2) is 29.3 Å². The zero-order chi connectivity index (χ0) is 16.7. The lowest BCUT2D eigenvalue weighted by atomic mass is 10.0. The van der Waals surface area contributed by atoms with Crippen LogP contribution in [0, 0.1) is 0 Å². The number of nitrogens with zero attached hydrogens (tertiary/aromatic N) is 1. The maximum atomic E-state index is 11.0. The molecule has 6 N–H and O–H groups in total. The van der Waals surface area contributed by atoms with E-state index < -0.39 is 37.0 Å². The third-order valence-corrected chi connectivity index (χ3v) is 3.04. The van der Waals surface area contributed by atoms with Crippen LogP contribution in [-0.4, -0.2) is 73.8 Å². The van der Waals surface area contributed by atoms with Crippen LogP contribution in [0.4, 0.5) is 5.69 Å². The molecule has 0 aliphatic carbocycles. The van der Waals surface area contributed by atoms with E-state index in [-0.39, 0.29) is 17.7 Å². The first-order chi connectivity index (χ1) is 10.4. The fraction of sp³-hybridized carbons (Fsp3) is 0.429. The molecule has 122 valence electrons. The molecule has 0 fully saturated rings. The standard InChI is InChI=1S/C14H19NO7/c16-7-11(18)13(20)12(19)10(17)5-6-15-9-4-2-1-3-8(9)14(21)22/h1-4,6,10-13,16-20H,5,7H2,(H,21,22)/t10-,11+,12+,13+/m0/s1. The van der Waals surface area contributed by atoms with Crippen molar-refractivity contribution < 1.29 is 35.4 Å². The normalized spacial score (nSPS) is 17.1. The summed E-state index contributed by atoms with van der Waals surface area (Å²) in [5.74, 6) is -1.14. The molecule has 4 atom stereocenters. The second-order valence-corrected chi connectivity index (χ2v) is 4.67. The molecule has 0 aromatic heterocycles. The smallest absolute Gasteiger partial charge is 0.337 e. The number of benzene rings is 1. The van der Waals surface area contributed by atoms with E-state index in [0.29, 0.717) is 0 Å². The molecule has 1 aromatic rings. The van der Waals surface area contributed by atoms with Crippen LogP contribution < -0.4 is 0 Å². The number of hydrogen-bond acceptors (Lipinski definition) is 7. The monoisotopic (exact) mass is 313 g/mol. The van der Waals surface area contributed by atoms with Crippen LogP contribution in [0.3, 0.4) is 0 Å². The zero-order valence-corrected chi connectivity index (χ0v) is 11.6. The third kappa shape index (κ3) is 4.86. The highest BCUT2D eigenvalue weighted by Gasteiger charge is 2.29. The number of aliphatic hydroxyl groups excluding tert-OH is 5. The van der Waals surface area contributed by atoms with Crippen molar-refractivity contribution in [1.82, 2.24) is 0 Å². The SMILES string of the molecule is O=C(O)c1ccccc1N=CC[C@H](O)[C@@H](O)[C@H](O)[C@H](O)CO. The number of aliphatic hydroxyl groups is 5. The molecular formula is C14H19NO7. The lowest BCUT2D eigenvalue weighted by Gasteiger charge is -2.24. The highest BCUT2D eigenvalue weighted by Crippen LogP contribution is 2.18. The van der Waals surface area contributed by atoms with Gasteiger partial charge in [0.1, 0.15) is 18.3 Å². The molecule has 0 unspecified atom stereocenters. The summed E-state index contributed by atoms with van der Waals surface area (Å²) in [5, 5.41) is 55.5. The van der Waals surface area contributed by atoms with Crippen molar-refractivity contribution in [2.24, 2.45) is 4.99 Å². The Hall–Kier alpha value is -1.84. The van der Waals surface area contributed by atoms with E-state index in [2.05, 4.69) is 4.99 Å². The number of aliphatic imine (C=N–C) groups is 1. The molecule has 0 radical (unpaired) electrons. The highest BCUT2D eigenvalue weighted by atomic mass is 16.4. The van der Waals surface area contributed by atoms with Crippen molar-refractivity contribution >= 4 is 17.9 Å². The van der Waals surface area contributed by atoms with Crippen molar-refractivity contribution in [2.75, 3.05) is 6.61 Å². The largest absolute Gasteiger partial charge is 0.478 e. The Labute approximate surface area is 126 Å². The van der Waals surface area contributed by atoms with Gasteiger partial charge in [-0.25, -0.2) is 4.79 Å². The molecule has 8 nitrogen and oxygen atoms in total. The van der Waals surface area contributed by atoms with Crippen LogP contribution >= 0.6 is 0 Å². The van der Waals surface area contributed by atoms with E-state index in [1.807, 2.05) is 0 Å². The second-order valence-electron chi connectivity index (χ2n) is 4.67. The molecule has 0 aliphatic heterocycles. The minimum absolute atomic E-state index is 0.00970. The number of hydrogen-bond donors (Lipinski definition) is 6. The maximum absolute atomic E-state index is 11.0. The van der Waals surface area contributed by atoms with Gasteiger partial charge in [0.15, 0.2) is 0 Å². The van der Waals surface area contributed by atoms with Gasteiger partial charge >= 0.3 is 5.97 Å². The molecule has 1 rings (SSSR count). The van der Waals surface area contributed by atoms with Gasteiger partial charge in [0.25, 0.3) is 0 Å². The Kier molecular flexibility index (Phi) is 7.09. The van der Waals surface area contributed by atoms with Gasteiger partial charge in [-0.3, -0.25) is 4.99 Å². The van der Waals surface area contributed by atoms with Crippen molar-refractivity contribution in [3.8, 4) is 0 Å². The summed E-state index contributed by atoms with van der Waals surface area (Å²) >= 11 is 0. The average molecular weight is 313 g/mol.